The number of hydrogen-bond acceptors (Lipinski definition) is 2. The molecule has 0 amide bonds. The molecule has 3 rings (SSSR count). The summed E-state index contributed by atoms with van der Waals surface area (Å²) in [7, 11) is 2.17. The molecular weight excluding hydrogens is 210 g/mol. The molecule has 17 heavy (non-hydrogen) atoms. The van der Waals surface area contributed by atoms with Crippen molar-refractivity contribution in [3.63, 3.8) is 0 Å². The van der Waals surface area contributed by atoms with Crippen LogP contribution in [0.25, 0.3) is 0 Å². The first-order valence-electron chi connectivity index (χ1n) is 6.66. The molecule has 0 spiro atoms. The average molecular weight is 231 g/mol. The summed E-state index contributed by atoms with van der Waals surface area (Å²) < 4.78 is 0. The van der Waals surface area contributed by atoms with E-state index in [2.05, 4.69) is 24.1 Å². The average Bonchev–Trinajstić information content (AvgIpc) is 2.73. The number of nitrogens with zero attached hydrogens (tertiary/aromatic N) is 1. The molecule has 0 aromatic heterocycles. The molecule has 2 heteroatoms. The largest absolute Gasteiger partial charge is 0.385 e. The van der Waals surface area contributed by atoms with E-state index in [4.69, 9.17) is 0 Å². The van der Waals surface area contributed by atoms with Crippen LogP contribution in [0.2, 0.25) is 0 Å². The van der Waals surface area contributed by atoms with E-state index in [1.165, 1.54) is 6.42 Å². The molecule has 2 fully saturated rings. The molecule has 1 saturated carbocycles. The Morgan fingerprint density at radius 1 is 1.24 bits per heavy atom. The van der Waals surface area contributed by atoms with Gasteiger partial charge in [-0.05, 0) is 37.8 Å². The van der Waals surface area contributed by atoms with Gasteiger partial charge in [0.1, 0.15) is 0 Å². The summed E-state index contributed by atoms with van der Waals surface area (Å²) in [4.78, 5) is 2.37. The standard InChI is InChI=1S/C15H21NO/c1-16-10-12-6-5-9-15(17,14(12)11-16)13-7-3-2-4-8-13/h2-4,7-8,12,14,17H,5-6,9-11H2,1H3. The Morgan fingerprint density at radius 2 is 2.00 bits per heavy atom. The first-order chi connectivity index (χ1) is 8.20. The van der Waals surface area contributed by atoms with Gasteiger partial charge >= 0.3 is 0 Å². The van der Waals surface area contributed by atoms with E-state index < -0.39 is 5.60 Å². The van der Waals surface area contributed by atoms with E-state index in [1.807, 2.05) is 18.2 Å². The minimum absolute atomic E-state index is 0.420. The van der Waals surface area contributed by atoms with Gasteiger partial charge in [-0.2, -0.15) is 0 Å². The van der Waals surface area contributed by atoms with Crippen LogP contribution < -0.4 is 0 Å². The molecule has 1 aliphatic carbocycles. The molecule has 2 aliphatic rings. The topological polar surface area (TPSA) is 23.5 Å². The molecule has 3 unspecified atom stereocenters. The van der Waals surface area contributed by atoms with E-state index in [1.54, 1.807) is 0 Å². The van der Waals surface area contributed by atoms with Crippen LogP contribution in [0.3, 0.4) is 0 Å². The molecule has 3 atom stereocenters. The third kappa shape index (κ3) is 1.80. The summed E-state index contributed by atoms with van der Waals surface area (Å²) >= 11 is 0. The second-order valence-corrected chi connectivity index (χ2v) is 5.77. The Bertz CT molecular complexity index is 391. The lowest BCUT2D eigenvalue weighted by atomic mass is 9.67. The minimum atomic E-state index is -0.588. The minimum Gasteiger partial charge on any atom is -0.385 e. The second-order valence-electron chi connectivity index (χ2n) is 5.77. The van der Waals surface area contributed by atoms with Crippen molar-refractivity contribution in [2.75, 3.05) is 20.1 Å². The molecule has 1 heterocycles. The molecule has 92 valence electrons. The van der Waals surface area contributed by atoms with E-state index in [0.29, 0.717) is 11.8 Å². The van der Waals surface area contributed by atoms with Crippen molar-refractivity contribution in [1.29, 1.82) is 0 Å². The molecule has 1 aliphatic heterocycles. The lowest BCUT2D eigenvalue weighted by Crippen LogP contribution is -2.42. The van der Waals surface area contributed by atoms with Gasteiger partial charge in [-0.1, -0.05) is 30.3 Å². The lowest BCUT2D eigenvalue weighted by molar-refractivity contribution is -0.0645. The smallest absolute Gasteiger partial charge is 0.0939 e. The van der Waals surface area contributed by atoms with Crippen molar-refractivity contribution < 1.29 is 5.11 Å². The first kappa shape index (κ1) is 11.2. The summed E-state index contributed by atoms with van der Waals surface area (Å²) in [5, 5.41) is 11.1. The Labute approximate surface area is 103 Å². The highest BCUT2D eigenvalue weighted by Gasteiger charge is 2.48. The molecule has 1 aromatic carbocycles. The van der Waals surface area contributed by atoms with Gasteiger partial charge in [-0.15, -0.1) is 0 Å². The molecule has 1 N–H and O–H groups in total. The number of likely N-dealkylation sites (tertiary alicyclic amines) is 1. The van der Waals surface area contributed by atoms with Gasteiger partial charge < -0.3 is 10.0 Å². The zero-order valence-electron chi connectivity index (χ0n) is 10.5. The van der Waals surface area contributed by atoms with Crippen LogP contribution >= 0.6 is 0 Å². The fraction of sp³-hybridized carbons (Fsp3) is 0.600. The maximum Gasteiger partial charge on any atom is 0.0939 e. The number of aliphatic hydroxyl groups is 1. The fourth-order valence-electron chi connectivity index (χ4n) is 3.82. The highest BCUT2D eigenvalue weighted by molar-refractivity contribution is 5.25. The highest BCUT2D eigenvalue weighted by Crippen LogP contribution is 2.47. The Morgan fingerprint density at radius 3 is 2.76 bits per heavy atom. The zero-order chi connectivity index (χ0) is 11.9. The van der Waals surface area contributed by atoms with E-state index in [-0.39, 0.29) is 0 Å². The molecule has 1 saturated heterocycles. The lowest BCUT2D eigenvalue weighted by Gasteiger charge is -2.41. The van der Waals surface area contributed by atoms with Crippen molar-refractivity contribution in [3.05, 3.63) is 35.9 Å². The predicted molar refractivity (Wildman–Crippen MR) is 68.7 cm³/mol. The van der Waals surface area contributed by atoms with Crippen LogP contribution in [0.4, 0.5) is 0 Å². The zero-order valence-corrected chi connectivity index (χ0v) is 10.5. The summed E-state index contributed by atoms with van der Waals surface area (Å²) in [5.74, 6) is 1.10. The van der Waals surface area contributed by atoms with Crippen molar-refractivity contribution in [2.24, 2.45) is 11.8 Å². The Hall–Kier alpha value is -0.860. The van der Waals surface area contributed by atoms with Gasteiger partial charge in [0, 0.05) is 19.0 Å². The SMILES string of the molecule is CN1CC2CCCC(O)(c3ccccc3)C2C1. The van der Waals surface area contributed by atoms with E-state index in [0.717, 1.165) is 31.5 Å². The van der Waals surface area contributed by atoms with Crippen LogP contribution in [0, 0.1) is 11.8 Å². The van der Waals surface area contributed by atoms with Crippen LogP contribution in [-0.2, 0) is 5.60 Å². The third-order valence-corrected chi connectivity index (χ3v) is 4.64. The van der Waals surface area contributed by atoms with Crippen molar-refractivity contribution in [3.8, 4) is 0 Å². The molecule has 1 aromatic rings. The highest BCUT2D eigenvalue weighted by atomic mass is 16.3. The first-order valence-corrected chi connectivity index (χ1v) is 6.66. The normalized spacial score (nSPS) is 38.0. The van der Waals surface area contributed by atoms with E-state index in [9.17, 15) is 5.11 Å². The van der Waals surface area contributed by atoms with Crippen LogP contribution in [0.5, 0.6) is 0 Å². The summed E-state index contributed by atoms with van der Waals surface area (Å²) in [6.45, 7) is 2.19. The Balaban J connectivity index is 1.95. The molecule has 0 radical (unpaired) electrons. The molecule has 0 bridgehead atoms. The van der Waals surface area contributed by atoms with Gasteiger partial charge in [0.05, 0.1) is 5.60 Å². The number of benzene rings is 1. The van der Waals surface area contributed by atoms with E-state index >= 15 is 0 Å². The fourth-order valence-corrected chi connectivity index (χ4v) is 3.82. The predicted octanol–water partition coefficient (Wildman–Crippen LogP) is 2.24. The molecule has 2 nitrogen and oxygen atoms in total. The van der Waals surface area contributed by atoms with Crippen LogP contribution in [-0.4, -0.2) is 30.1 Å². The van der Waals surface area contributed by atoms with Crippen molar-refractivity contribution >= 4 is 0 Å². The third-order valence-electron chi connectivity index (χ3n) is 4.64. The van der Waals surface area contributed by atoms with Crippen LogP contribution in [0.1, 0.15) is 24.8 Å². The monoisotopic (exact) mass is 231 g/mol. The molecular formula is C15H21NO. The van der Waals surface area contributed by atoms with Gasteiger partial charge in [0.15, 0.2) is 0 Å². The number of hydrogen-bond donors (Lipinski definition) is 1. The Kier molecular flexibility index (Phi) is 2.72. The second kappa shape index (κ2) is 4.11. The van der Waals surface area contributed by atoms with Crippen LogP contribution in [0.15, 0.2) is 30.3 Å². The quantitative estimate of drug-likeness (QED) is 0.801. The maximum atomic E-state index is 11.1. The number of rotatable bonds is 1. The van der Waals surface area contributed by atoms with Gasteiger partial charge in [-0.3, -0.25) is 0 Å². The summed E-state index contributed by atoms with van der Waals surface area (Å²) in [5.41, 5.74) is 0.527. The van der Waals surface area contributed by atoms with Gasteiger partial charge in [-0.25, -0.2) is 0 Å². The maximum absolute atomic E-state index is 11.1. The van der Waals surface area contributed by atoms with Gasteiger partial charge in [0.25, 0.3) is 0 Å². The summed E-state index contributed by atoms with van der Waals surface area (Å²) in [6, 6.07) is 10.3. The van der Waals surface area contributed by atoms with Crippen molar-refractivity contribution in [2.45, 2.75) is 24.9 Å². The number of fused-ring (bicyclic) bond motifs is 1. The van der Waals surface area contributed by atoms with Crippen molar-refractivity contribution in [1.82, 2.24) is 4.90 Å². The van der Waals surface area contributed by atoms with Gasteiger partial charge in [0.2, 0.25) is 0 Å². The summed E-state index contributed by atoms with van der Waals surface area (Å²) in [6.07, 6.45) is 3.36.